The van der Waals surface area contributed by atoms with E-state index in [1.807, 2.05) is 20.8 Å². The van der Waals surface area contributed by atoms with Crippen molar-refractivity contribution in [1.29, 1.82) is 0 Å². The average Bonchev–Trinajstić information content (AvgIpc) is 1.61. The first-order chi connectivity index (χ1) is 65.1. The molecule has 1 aromatic heterocycles. The lowest BCUT2D eigenvalue weighted by molar-refractivity contribution is -0.143. The van der Waals surface area contributed by atoms with Crippen LogP contribution in [0.2, 0.25) is 0 Å². The zero-order chi connectivity index (χ0) is 103. The smallest absolute Gasteiger partial charge is 0.304 e. The number of aliphatic imine (C=N–C) groups is 1. The van der Waals surface area contributed by atoms with Gasteiger partial charge in [-0.1, -0.05) is 115 Å². The molecule has 138 heavy (non-hydrogen) atoms. The largest absolute Gasteiger partial charge is 0.508 e. The van der Waals surface area contributed by atoms with Gasteiger partial charge in [0.05, 0.1) is 79.9 Å². The van der Waals surface area contributed by atoms with E-state index in [1.54, 1.807) is 81.4 Å². The number of primary amides is 1. The summed E-state index contributed by atoms with van der Waals surface area (Å²) in [7, 11) is 1.49. The van der Waals surface area contributed by atoms with Crippen LogP contribution in [0.1, 0.15) is 268 Å². The Morgan fingerprint density at radius 3 is 1.84 bits per heavy atom. The third kappa shape index (κ3) is 42.3. The third-order valence-electron chi connectivity index (χ3n) is 25.6. The van der Waals surface area contributed by atoms with Crippen molar-refractivity contribution in [2.24, 2.45) is 99.1 Å². The van der Waals surface area contributed by atoms with Gasteiger partial charge in [0.1, 0.15) is 11.8 Å². The minimum atomic E-state index is -1.76. The van der Waals surface area contributed by atoms with E-state index in [1.165, 1.54) is 36.7 Å². The first kappa shape index (κ1) is 119. The van der Waals surface area contributed by atoms with Gasteiger partial charge in [-0.15, -0.1) is 0 Å². The predicted octanol–water partition coefficient (Wildman–Crippen LogP) is 4.72. The van der Waals surface area contributed by atoms with E-state index in [2.05, 4.69) is 62.8 Å². The number of nitrogens with two attached hydrogens (primary N) is 3. The molecule has 0 saturated carbocycles. The van der Waals surface area contributed by atoms with E-state index in [9.17, 15) is 92.0 Å². The molecular formula is C98H154N16O24. The molecule has 0 spiro atoms. The standard InChI is InChI=1S/C98H154N16O24/c1-15-58(12)69-50-81(120)74(111-92(132)62(28-32-87(126)127)44-82(121)76-24-21-36-114(76)97(137)75(107-85(124)17-3)41-60-25-29-67(115)30-26-60)51-86(125)103-33-19-18-22-70(109-94(134)65(48-88(128)129)46-79(118)73(40-56(8)9)112-96(69)136)77(116)45-64(42-66-52-102-53-106-66)93(133)110-72(39-55(6)7)78(117)43-61(27-31-84(99)123)91(131)108-71(23-20-34-105-98(100)101)80(119)49-68(57(10)11)95(135)113-89(59(13)16-2)83(122)47-63(38-54(4)5)90(130)104-35-37-138-14/h25-26,29-30,52-59,61-65,68-76,89,115H,15-24,27-28,31-51H2,1-14H3,(H2,99,123)(H,102,106)(H,103,125)(H,104,130)(H,107,124)(H,108,131)(H,109,134)(H,110,133)(H,111,132)(H,112,136)(H,113,135)(H,126,127)(H,128,129)(H4,100,101,105)/t58-,59-,61+,62+,63+,64+,65-,68-,69?,70-,71-,72-,73-,74-,75?,76-,89?/m0/s1. The van der Waals surface area contributed by atoms with E-state index >= 15 is 19.2 Å². The Morgan fingerprint density at radius 2 is 1.25 bits per heavy atom. The van der Waals surface area contributed by atoms with Crippen molar-refractivity contribution in [1.82, 2.24) is 62.7 Å². The Morgan fingerprint density at radius 1 is 0.609 bits per heavy atom. The fraction of sp³-hybridized carbons (Fsp3) is 0.694. The Hall–Kier alpha value is -11.7. The van der Waals surface area contributed by atoms with Crippen LogP contribution in [0.15, 0.2) is 41.8 Å². The number of amides is 11. The maximum absolute atomic E-state index is 15.3. The van der Waals surface area contributed by atoms with Crippen LogP contribution in [0.5, 0.6) is 5.75 Å². The second kappa shape index (κ2) is 60.9. The van der Waals surface area contributed by atoms with Crippen LogP contribution in [0, 0.1) is 76.9 Å². The van der Waals surface area contributed by atoms with Crippen LogP contribution in [0.3, 0.4) is 0 Å². The van der Waals surface area contributed by atoms with Crippen LogP contribution in [-0.4, -0.2) is 242 Å². The van der Waals surface area contributed by atoms with Gasteiger partial charge in [-0.05, 0) is 130 Å². The lowest BCUT2D eigenvalue weighted by Gasteiger charge is -2.30. The molecule has 4 rings (SSSR count). The first-order valence-electron chi connectivity index (χ1n) is 48.8. The van der Waals surface area contributed by atoms with Gasteiger partial charge in [-0.25, -0.2) is 4.98 Å². The lowest BCUT2D eigenvalue weighted by atomic mass is 9.83. The highest BCUT2D eigenvalue weighted by Crippen LogP contribution is 2.31. The van der Waals surface area contributed by atoms with Gasteiger partial charge in [0.15, 0.2) is 46.4 Å². The van der Waals surface area contributed by atoms with Crippen molar-refractivity contribution in [3.8, 4) is 5.75 Å². The third-order valence-corrected chi connectivity index (χ3v) is 25.6. The molecule has 17 atom stereocenters. The van der Waals surface area contributed by atoms with E-state index in [0.29, 0.717) is 30.5 Å². The summed E-state index contributed by atoms with van der Waals surface area (Å²) in [5, 5.41) is 55.0. The van der Waals surface area contributed by atoms with Crippen molar-refractivity contribution < 1.29 is 116 Å². The maximum Gasteiger partial charge on any atom is 0.304 e. The fourth-order valence-corrected chi connectivity index (χ4v) is 17.2. The molecule has 19 N–H and O–H groups in total. The first-order valence-corrected chi connectivity index (χ1v) is 48.8. The molecule has 0 aliphatic carbocycles. The Balaban J connectivity index is 1.75. The molecule has 2 fully saturated rings. The minimum absolute atomic E-state index is 0.0105. The van der Waals surface area contributed by atoms with Crippen LogP contribution < -0.4 is 65.1 Å². The Labute approximate surface area is 809 Å². The monoisotopic (exact) mass is 1940 g/mol. The van der Waals surface area contributed by atoms with Gasteiger partial charge in [-0.3, -0.25) is 101 Å². The molecule has 40 heteroatoms. The number of aromatic amines is 1. The number of phenols is 1. The summed E-state index contributed by atoms with van der Waals surface area (Å²) in [5.41, 5.74) is 17.9. The number of hydrogen-bond donors (Lipinski definition) is 16. The zero-order valence-corrected chi connectivity index (χ0v) is 82.9. The number of aliphatic carboxylic acids is 2. The van der Waals surface area contributed by atoms with E-state index in [4.69, 9.17) is 21.9 Å². The van der Waals surface area contributed by atoms with Gasteiger partial charge >= 0.3 is 11.9 Å². The highest BCUT2D eigenvalue weighted by Gasteiger charge is 2.44. The van der Waals surface area contributed by atoms with Crippen molar-refractivity contribution in [2.75, 3.05) is 39.9 Å². The number of nitrogens with one attached hydrogen (secondary N) is 10. The number of likely N-dealkylation sites (tertiary alicyclic amines) is 1. The number of methoxy groups -OCH3 is 1. The number of hydrogen-bond acceptors (Lipinski definition) is 24. The Bertz CT molecular complexity index is 4460. The molecule has 11 amide bonds. The normalized spacial score (nSPS) is 19.6. The van der Waals surface area contributed by atoms with Crippen LogP contribution in [0.4, 0.5) is 0 Å². The quantitative estimate of drug-likeness (QED) is 0.0242. The summed E-state index contributed by atoms with van der Waals surface area (Å²) in [4.78, 5) is 299. The number of nitrogens with zero attached hydrogens (tertiary/aromatic N) is 3. The number of carboxylic acids is 2. The Kier molecular flexibility index (Phi) is 52.3. The molecule has 2 aliphatic rings. The predicted molar refractivity (Wildman–Crippen MR) is 510 cm³/mol. The van der Waals surface area contributed by atoms with Crippen LogP contribution >= 0.6 is 0 Å². The number of benzene rings is 1. The number of imidazole rings is 1. The number of Topliss-reactive ketones (excluding diaryl/α,β-unsaturated/α-hetero) is 7. The van der Waals surface area contributed by atoms with E-state index in [-0.39, 0.29) is 164 Å². The number of carboxylic acid groups (broad SMARTS) is 2. The maximum atomic E-state index is 15.3. The highest BCUT2D eigenvalue weighted by atomic mass is 16.5. The molecule has 0 radical (unpaired) electrons. The van der Waals surface area contributed by atoms with Gasteiger partial charge in [0, 0.05) is 152 Å². The average molecular weight is 1940 g/mol. The molecule has 3 unspecified atom stereocenters. The number of H-pyrrole nitrogens is 1. The van der Waals surface area contributed by atoms with Crippen molar-refractivity contribution in [3.63, 3.8) is 0 Å². The number of ether oxygens (including phenoxy) is 1. The van der Waals surface area contributed by atoms with Gasteiger partial charge < -0.3 is 95.0 Å². The molecule has 2 aromatic rings. The van der Waals surface area contributed by atoms with Crippen molar-refractivity contribution in [3.05, 3.63) is 48.0 Å². The number of rotatable bonds is 57. The number of carbonyl (C=O) groups excluding carboxylic acids is 18. The number of ketones is 7. The van der Waals surface area contributed by atoms with Crippen molar-refractivity contribution in [2.45, 2.75) is 318 Å². The lowest BCUT2D eigenvalue weighted by Crippen LogP contribution is -2.53. The fourth-order valence-electron chi connectivity index (χ4n) is 17.2. The van der Waals surface area contributed by atoms with Crippen LogP contribution in [-0.2, 0) is 113 Å². The molecule has 3 heterocycles. The molecule has 40 nitrogen and oxygen atoms in total. The summed E-state index contributed by atoms with van der Waals surface area (Å²) in [6, 6.07) is -4.98. The second-order valence-electron chi connectivity index (χ2n) is 38.7. The van der Waals surface area contributed by atoms with Crippen LogP contribution in [0.25, 0.3) is 0 Å². The number of phenolic OH excluding ortho intramolecular Hbond substituents is 1. The summed E-state index contributed by atoms with van der Waals surface area (Å²) in [5.74, 6) is -27.9. The van der Waals surface area contributed by atoms with Crippen molar-refractivity contribution >= 4 is 123 Å². The van der Waals surface area contributed by atoms with Gasteiger partial charge in [0.2, 0.25) is 65.0 Å². The summed E-state index contributed by atoms with van der Waals surface area (Å²) < 4.78 is 5.10. The minimum Gasteiger partial charge on any atom is -0.508 e. The molecule has 0 bridgehead atoms. The number of carbonyl (C=O) groups is 20. The highest BCUT2D eigenvalue weighted by molar-refractivity contribution is 6.02. The molecular weight excluding hydrogens is 1790 g/mol. The summed E-state index contributed by atoms with van der Waals surface area (Å²) in [6.45, 7) is 23.1. The summed E-state index contributed by atoms with van der Waals surface area (Å²) in [6.07, 6.45) is -4.29. The number of aromatic hydroxyl groups is 1. The topological polar surface area (TPSA) is 642 Å². The molecule has 2 saturated heterocycles. The number of guanidine groups is 1. The molecule has 770 valence electrons. The summed E-state index contributed by atoms with van der Waals surface area (Å²) >= 11 is 0. The van der Waals surface area contributed by atoms with E-state index < -0.39 is 284 Å². The number of aromatic nitrogens is 2. The molecule has 2 aliphatic heterocycles. The second-order valence-corrected chi connectivity index (χ2v) is 38.7. The molecule has 1 aromatic carbocycles. The van der Waals surface area contributed by atoms with E-state index in [0.717, 1.165) is 0 Å². The zero-order valence-electron chi connectivity index (χ0n) is 82.9. The van der Waals surface area contributed by atoms with Gasteiger partial charge in [0.25, 0.3) is 0 Å². The SMILES string of the molecule is CCC(=O)NC(Cc1ccc(O)cc1)C(=O)N1CCC[C@H]1C(=O)C[C@@H](CCC(=O)O)C(=O)N[C@H]1CC(=O)NCCCC[C@@H](C(=O)C[C@@H](Cc2cnc[nH]2)C(=O)N[C@@H](CC(C)C)C(=O)C[C@@H](CCC(N)=O)C(=O)N[C@@H](CCCN=C(N)N)C(=O)C[C@H](C(=O)NC(C(=O)C[C@@H](CC(C)C)C(=O)NCCOC)[C@@H](C)CC)C(C)C)NC(=O)[C@H](CC(=O)O)CC(=O)[C@H](CC(C)C)NC(=O)C([C@@H](C)CC)CC1=O. The van der Waals surface area contributed by atoms with Gasteiger partial charge in [-0.2, -0.15) is 0 Å².